The van der Waals surface area contributed by atoms with Gasteiger partial charge in [0.15, 0.2) is 0 Å². The monoisotopic (exact) mass is 257 g/mol. The minimum Gasteiger partial charge on any atom is -0.493 e. The third kappa shape index (κ3) is 2.12. The fraction of sp³-hybridized carbons (Fsp3) is 0.400. The van der Waals surface area contributed by atoms with Crippen molar-refractivity contribution in [2.24, 2.45) is 12.8 Å². The second-order valence-electron chi connectivity index (χ2n) is 5.11. The zero-order valence-electron chi connectivity index (χ0n) is 11.4. The van der Waals surface area contributed by atoms with Crippen LogP contribution < -0.4 is 10.5 Å². The first-order chi connectivity index (χ1) is 9.16. The quantitative estimate of drug-likeness (QED) is 0.896. The van der Waals surface area contributed by atoms with Crippen molar-refractivity contribution in [2.75, 3.05) is 6.61 Å². The minimum atomic E-state index is -0.179. The average molecular weight is 257 g/mol. The number of nitrogens with two attached hydrogens (primary N) is 1. The SMILES string of the molecule is Cc1nn(C)cc1C(N)c1cccc2c1OCCC2. The van der Waals surface area contributed by atoms with Gasteiger partial charge in [-0.2, -0.15) is 5.10 Å². The van der Waals surface area contributed by atoms with Gasteiger partial charge in [-0.3, -0.25) is 4.68 Å². The van der Waals surface area contributed by atoms with Crippen molar-refractivity contribution in [1.29, 1.82) is 0 Å². The van der Waals surface area contributed by atoms with Crippen LogP contribution in [0.1, 0.15) is 34.8 Å². The smallest absolute Gasteiger partial charge is 0.127 e. The Bertz CT molecular complexity index is 603. The van der Waals surface area contributed by atoms with E-state index in [1.165, 1.54) is 5.56 Å². The third-order valence-corrected chi connectivity index (χ3v) is 3.69. The molecule has 1 unspecified atom stereocenters. The van der Waals surface area contributed by atoms with Crippen LogP contribution in [0.25, 0.3) is 0 Å². The molecule has 100 valence electrons. The first-order valence-corrected chi connectivity index (χ1v) is 6.67. The van der Waals surface area contributed by atoms with E-state index in [2.05, 4.69) is 23.3 Å². The van der Waals surface area contributed by atoms with E-state index >= 15 is 0 Å². The van der Waals surface area contributed by atoms with Gasteiger partial charge in [0.2, 0.25) is 0 Å². The number of fused-ring (bicyclic) bond motifs is 1. The lowest BCUT2D eigenvalue weighted by Crippen LogP contribution is -2.17. The maximum Gasteiger partial charge on any atom is 0.127 e. The van der Waals surface area contributed by atoms with Crippen LogP contribution in [0.2, 0.25) is 0 Å². The van der Waals surface area contributed by atoms with Crippen LogP contribution in [-0.4, -0.2) is 16.4 Å². The van der Waals surface area contributed by atoms with Crippen LogP contribution in [-0.2, 0) is 13.5 Å². The van der Waals surface area contributed by atoms with Gasteiger partial charge in [-0.1, -0.05) is 18.2 Å². The number of nitrogens with zero attached hydrogens (tertiary/aromatic N) is 2. The van der Waals surface area contributed by atoms with Crippen LogP contribution in [0.5, 0.6) is 5.75 Å². The van der Waals surface area contributed by atoms with Crippen LogP contribution >= 0.6 is 0 Å². The standard InChI is InChI=1S/C15H19N3O/c1-10-13(9-18(2)17-10)14(16)12-7-3-5-11-6-4-8-19-15(11)12/h3,5,7,9,14H,4,6,8,16H2,1-2H3. The summed E-state index contributed by atoms with van der Waals surface area (Å²) in [6, 6.07) is 6.07. The van der Waals surface area contributed by atoms with E-state index in [1.54, 1.807) is 4.68 Å². The Morgan fingerprint density at radius 1 is 1.37 bits per heavy atom. The molecule has 0 fully saturated rings. The highest BCUT2D eigenvalue weighted by atomic mass is 16.5. The van der Waals surface area contributed by atoms with E-state index in [0.29, 0.717) is 0 Å². The van der Waals surface area contributed by atoms with Crippen LogP contribution in [0.15, 0.2) is 24.4 Å². The number of benzene rings is 1. The summed E-state index contributed by atoms with van der Waals surface area (Å²) in [5.41, 5.74) is 10.8. The molecular formula is C15H19N3O. The number of ether oxygens (including phenoxy) is 1. The predicted octanol–water partition coefficient (Wildman–Crippen LogP) is 2.10. The van der Waals surface area contributed by atoms with Gasteiger partial charge in [0, 0.05) is 24.4 Å². The highest BCUT2D eigenvalue weighted by molar-refractivity contribution is 5.47. The summed E-state index contributed by atoms with van der Waals surface area (Å²) in [5, 5.41) is 4.37. The molecule has 0 spiro atoms. The first kappa shape index (κ1) is 12.2. The van der Waals surface area contributed by atoms with E-state index in [0.717, 1.165) is 42.0 Å². The normalized spacial score (nSPS) is 15.7. The molecule has 3 rings (SSSR count). The number of aromatic nitrogens is 2. The van der Waals surface area contributed by atoms with Crippen molar-refractivity contribution in [3.05, 3.63) is 46.8 Å². The molecule has 1 aliphatic rings. The Morgan fingerprint density at radius 2 is 2.21 bits per heavy atom. The topological polar surface area (TPSA) is 53.1 Å². The summed E-state index contributed by atoms with van der Waals surface area (Å²) in [6.45, 7) is 2.77. The highest BCUT2D eigenvalue weighted by Gasteiger charge is 2.21. The lowest BCUT2D eigenvalue weighted by Gasteiger charge is -2.23. The maximum absolute atomic E-state index is 6.42. The van der Waals surface area contributed by atoms with Crippen molar-refractivity contribution < 1.29 is 4.74 Å². The molecule has 2 N–H and O–H groups in total. The molecule has 2 heterocycles. The van der Waals surface area contributed by atoms with E-state index in [1.807, 2.05) is 20.2 Å². The van der Waals surface area contributed by atoms with Crippen molar-refractivity contribution >= 4 is 0 Å². The summed E-state index contributed by atoms with van der Waals surface area (Å²) >= 11 is 0. The van der Waals surface area contributed by atoms with Gasteiger partial charge in [-0.05, 0) is 25.3 Å². The predicted molar refractivity (Wildman–Crippen MR) is 74.2 cm³/mol. The first-order valence-electron chi connectivity index (χ1n) is 6.67. The van der Waals surface area contributed by atoms with E-state index in [9.17, 15) is 0 Å². The maximum atomic E-state index is 6.42. The van der Waals surface area contributed by atoms with Gasteiger partial charge >= 0.3 is 0 Å². The molecule has 4 heteroatoms. The van der Waals surface area contributed by atoms with Crippen molar-refractivity contribution in [3.63, 3.8) is 0 Å². The summed E-state index contributed by atoms with van der Waals surface area (Å²) in [4.78, 5) is 0. The second kappa shape index (κ2) is 4.70. The Hall–Kier alpha value is -1.81. The van der Waals surface area contributed by atoms with Gasteiger partial charge in [0.1, 0.15) is 5.75 Å². The van der Waals surface area contributed by atoms with E-state index < -0.39 is 0 Å². The number of aryl methyl sites for hydroxylation is 3. The van der Waals surface area contributed by atoms with E-state index in [4.69, 9.17) is 10.5 Å². The fourth-order valence-corrected chi connectivity index (χ4v) is 2.75. The van der Waals surface area contributed by atoms with Gasteiger partial charge < -0.3 is 10.5 Å². The summed E-state index contributed by atoms with van der Waals surface area (Å²) in [6.07, 6.45) is 4.14. The Labute approximate surface area is 113 Å². The molecule has 0 amide bonds. The molecule has 1 aromatic heterocycles. The molecule has 0 bridgehead atoms. The molecule has 0 radical (unpaired) electrons. The molecule has 0 saturated carbocycles. The molecular weight excluding hydrogens is 238 g/mol. The third-order valence-electron chi connectivity index (χ3n) is 3.69. The molecule has 0 aliphatic carbocycles. The van der Waals surface area contributed by atoms with Gasteiger partial charge in [0.05, 0.1) is 18.3 Å². The summed E-state index contributed by atoms with van der Waals surface area (Å²) < 4.78 is 7.64. The van der Waals surface area contributed by atoms with Crippen LogP contribution in [0.3, 0.4) is 0 Å². The van der Waals surface area contributed by atoms with E-state index in [-0.39, 0.29) is 6.04 Å². The number of para-hydroxylation sites is 1. The molecule has 4 nitrogen and oxygen atoms in total. The van der Waals surface area contributed by atoms with Gasteiger partial charge in [0.25, 0.3) is 0 Å². The molecule has 1 atom stereocenters. The Morgan fingerprint density at radius 3 is 2.95 bits per heavy atom. The molecule has 1 aliphatic heterocycles. The molecule has 19 heavy (non-hydrogen) atoms. The average Bonchev–Trinajstić information content (AvgIpc) is 2.76. The Balaban J connectivity index is 2.04. The fourth-order valence-electron chi connectivity index (χ4n) is 2.75. The number of rotatable bonds is 2. The number of hydrogen-bond acceptors (Lipinski definition) is 3. The zero-order valence-corrected chi connectivity index (χ0v) is 11.4. The minimum absolute atomic E-state index is 0.179. The molecule has 2 aromatic rings. The Kier molecular flexibility index (Phi) is 3.03. The second-order valence-corrected chi connectivity index (χ2v) is 5.11. The summed E-state index contributed by atoms with van der Waals surface area (Å²) in [5.74, 6) is 0.976. The van der Waals surface area contributed by atoms with Crippen LogP contribution in [0, 0.1) is 6.92 Å². The van der Waals surface area contributed by atoms with Crippen molar-refractivity contribution in [2.45, 2.75) is 25.8 Å². The molecule has 0 saturated heterocycles. The van der Waals surface area contributed by atoms with Crippen LogP contribution in [0.4, 0.5) is 0 Å². The van der Waals surface area contributed by atoms with Crippen molar-refractivity contribution in [3.8, 4) is 5.75 Å². The van der Waals surface area contributed by atoms with Gasteiger partial charge in [-0.25, -0.2) is 0 Å². The number of hydrogen-bond donors (Lipinski definition) is 1. The lowest BCUT2D eigenvalue weighted by atomic mass is 9.95. The van der Waals surface area contributed by atoms with Gasteiger partial charge in [-0.15, -0.1) is 0 Å². The molecule has 1 aromatic carbocycles. The highest BCUT2D eigenvalue weighted by Crippen LogP contribution is 2.35. The zero-order chi connectivity index (χ0) is 13.4. The lowest BCUT2D eigenvalue weighted by molar-refractivity contribution is 0.284. The van der Waals surface area contributed by atoms with Crippen molar-refractivity contribution in [1.82, 2.24) is 9.78 Å². The summed E-state index contributed by atoms with van der Waals surface area (Å²) in [7, 11) is 1.92. The largest absolute Gasteiger partial charge is 0.493 e.